The Morgan fingerprint density at radius 3 is 2.52 bits per heavy atom. The fraction of sp³-hybridized carbons (Fsp3) is 0.400. The average Bonchev–Trinajstić information content (AvgIpc) is 3.28. The number of carbonyl (C=O) groups is 2. The van der Waals surface area contributed by atoms with Gasteiger partial charge >= 0.3 is 0 Å². The van der Waals surface area contributed by atoms with Crippen LogP contribution in [0.25, 0.3) is 0 Å². The van der Waals surface area contributed by atoms with E-state index in [1.165, 1.54) is 37.9 Å². The summed E-state index contributed by atoms with van der Waals surface area (Å²) in [5, 5.41) is 6.42. The first-order valence-electron chi connectivity index (χ1n) is 11.1. The molecular formula is C25H27FN2O4S. The van der Waals surface area contributed by atoms with Crippen molar-refractivity contribution in [1.29, 1.82) is 0 Å². The van der Waals surface area contributed by atoms with Crippen molar-refractivity contribution in [3.8, 4) is 11.5 Å². The number of hydrazone groups is 1. The number of Topliss-reactive ketones (excluding diaryl/α,β-unsaturated/α-hetero) is 1. The van der Waals surface area contributed by atoms with Gasteiger partial charge in [0.1, 0.15) is 22.8 Å². The van der Waals surface area contributed by atoms with Gasteiger partial charge < -0.3 is 9.47 Å². The molecule has 4 rings (SSSR count). The zero-order chi connectivity index (χ0) is 23.4. The molecule has 2 aromatic carbocycles. The van der Waals surface area contributed by atoms with Crippen LogP contribution in [-0.2, 0) is 9.59 Å². The third kappa shape index (κ3) is 5.21. The molecule has 1 aliphatic heterocycles. The van der Waals surface area contributed by atoms with Gasteiger partial charge in [-0.25, -0.2) is 9.40 Å². The van der Waals surface area contributed by atoms with Crippen LogP contribution in [0.4, 0.5) is 4.39 Å². The van der Waals surface area contributed by atoms with E-state index in [1.807, 2.05) is 12.1 Å². The number of nitrogens with zero attached hydrogens (tertiary/aromatic N) is 2. The molecule has 33 heavy (non-hydrogen) atoms. The van der Waals surface area contributed by atoms with Crippen molar-refractivity contribution < 1.29 is 23.5 Å². The van der Waals surface area contributed by atoms with E-state index in [-0.39, 0.29) is 30.0 Å². The van der Waals surface area contributed by atoms with Gasteiger partial charge in [0.25, 0.3) is 0 Å². The van der Waals surface area contributed by atoms with Crippen LogP contribution >= 0.6 is 11.8 Å². The Kier molecular flexibility index (Phi) is 7.33. The number of halogens is 1. The predicted octanol–water partition coefficient (Wildman–Crippen LogP) is 5.32. The summed E-state index contributed by atoms with van der Waals surface area (Å²) in [5.74, 6) is 0.391. The lowest BCUT2D eigenvalue weighted by molar-refractivity contribution is -0.137. The van der Waals surface area contributed by atoms with Crippen LogP contribution < -0.4 is 9.47 Å². The molecule has 2 aromatic rings. The van der Waals surface area contributed by atoms with Gasteiger partial charge in [-0.05, 0) is 50.1 Å². The molecular weight excluding hydrogens is 443 g/mol. The number of benzene rings is 2. The lowest BCUT2D eigenvalue weighted by Gasteiger charge is -2.28. The van der Waals surface area contributed by atoms with Crippen molar-refractivity contribution in [2.45, 2.75) is 44.4 Å². The average molecular weight is 471 g/mol. The molecule has 8 heteroatoms. The molecule has 1 fully saturated rings. The van der Waals surface area contributed by atoms with Crippen LogP contribution in [0.15, 0.2) is 47.6 Å². The molecule has 0 bridgehead atoms. The second-order valence-corrected chi connectivity index (χ2v) is 9.34. The number of para-hydroxylation sites is 1. The minimum absolute atomic E-state index is 0.0126. The van der Waals surface area contributed by atoms with E-state index in [9.17, 15) is 14.0 Å². The van der Waals surface area contributed by atoms with Gasteiger partial charge in [-0.3, -0.25) is 9.59 Å². The molecule has 1 unspecified atom stereocenters. The fourth-order valence-electron chi connectivity index (χ4n) is 4.18. The molecule has 2 aliphatic rings. The quantitative estimate of drug-likeness (QED) is 0.548. The SMILES string of the molecule is COc1c(OCC(C)=O)cccc1C1SC(c2ccc(F)cc2)=NN1C(=O)C1CCCCC1. The topological polar surface area (TPSA) is 68.2 Å². The van der Waals surface area contributed by atoms with Gasteiger partial charge in [0, 0.05) is 17.0 Å². The Labute approximate surface area is 197 Å². The number of rotatable bonds is 7. The van der Waals surface area contributed by atoms with Crippen molar-refractivity contribution in [2.24, 2.45) is 11.0 Å². The normalized spacial score (nSPS) is 18.7. The first-order chi connectivity index (χ1) is 16.0. The molecule has 0 spiro atoms. The number of hydrogen-bond donors (Lipinski definition) is 0. The summed E-state index contributed by atoms with van der Waals surface area (Å²) in [6.07, 6.45) is 4.93. The van der Waals surface area contributed by atoms with Crippen molar-refractivity contribution in [1.82, 2.24) is 5.01 Å². The van der Waals surface area contributed by atoms with Crippen LogP contribution in [0, 0.1) is 11.7 Å². The Balaban J connectivity index is 1.70. The van der Waals surface area contributed by atoms with Crippen molar-refractivity contribution in [3.05, 3.63) is 59.4 Å². The largest absolute Gasteiger partial charge is 0.492 e. The maximum atomic E-state index is 13.5. The Hall–Kier alpha value is -2.87. The van der Waals surface area contributed by atoms with Gasteiger partial charge in [0.15, 0.2) is 17.3 Å². The number of carbonyl (C=O) groups excluding carboxylic acids is 2. The zero-order valence-corrected chi connectivity index (χ0v) is 19.6. The lowest BCUT2D eigenvalue weighted by atomic mass is 9.88. The van der Waals surface area contributed by atoms with E-state index in [1.54, 1.807) is 23.2 Å². The van der Waals surface area contributed by atoms with E-state index < -0.39 is 5.37 Å². The fourth-order valence-corrected chi connectivity index (χ4v) is 5.37. The van der Waals surface area contributed by atoms with E-state index in [4.69, 9.17) is 14.6 Å². The minimum atomic E-state index is -0.463. The molecule has 1 atom stereocenters. The third-order valence-corrected chi connectivity index (χ3v) is 7.04. The number of thioether (sulfide) groups is 1. The standard InChI is InChI=1S/C25H27FN2O4S/c1-16(29)15-32-21-10-6-9-20(22(21)31-2)25-28(24(30)18-7-4-3-5-8-18)27-23(33-25)17-11-13-19(26)14-12-17/h6,9-14,18,25H,3-5,7-8,15H2,1-2H3. The molecule has 0 saturated heterocycles. The zero-order valence-electron chi connectivity index (χ0n) is 18.8. The predicted molar refractivity (Wildman–Crippen MR) is 126 cm³/mol. The van der Waals surface area contributed by atoms with E-state index in [0.29, 0.717) is 16.5 Å². The summed E-state index contributed by atoms with van der Waals surface area (Å²) in [6.45, 7) is 1.39. The highest BCUT2D eigenvalue weighted by atomic mass is 32.2. The van der Waals surface area contributed by atoms with Crippen LogP contribution in [0.3, 0.4) is 0 Å². The highest BCUT2D eigenvalue weighted by Gasteiger charge is 2.39. The van der Waals surface area contributed by atoms with E-state index in [0.717, 1.165) is 43.2 Å². The Morgan fingerprint density at radius 2 is 1.85 bits per heavy atom. The Bertz CT molecular complexity index is 1050. The summed E-state index contributed by atoms with van der Waals surface area (Å²) >= 11 is 1.42. The van der Waals surface area contributed by atoms with Crippen LogP contribution in [0.2, 0.25) is 0 Å². The smallest absolute Gasteiger partial charge is 0.247 e. The first-order valence-corrected chi connectivity index (χ1v) is 12.0. The number of ether oxygens (including phenoxy) is 2. The molecule has 1 amide bonds. The number of ketones is 1. The molecule has 1 saturated carbocycles. The monoisotopic (exact) mass is 470 g/mol. The molecule has 6 nitrogen and oxygen atoms in total. The van der Waals surface area contributed by atoms with E-state index >= 15 is 0 Å². The molecule has 174 valence electrons. The van der Waals surface area contributed by atoms with Gasteiger partial charge in [-0.2, -0.15) is 5.10 Å². The lowest BCUT2D eigenvalue weighted by Crippen LogP contribution is -2.33. The van der Waals surface area contributed by atoms with Gasteiger partial charge in [-0.1, -0.05) is 43.2 Å². The summed E-state index contributed by atoms with van der Waals surface area (Å²) in [5.41, 5.74) is 1.47. The first kappa shape index (κ1) is 23.3. The van der Waals surface area contributed by atoms with Gasteiger partial charge in [-0.15, -0.1) is 0 Å². The third-order valence-electron chi connectivity index (χ3n) is 5.83. The molecule has 1 heterocycles. The van der Waals surface area contributed by atoms with Crippen LogP contribution in [0.1, 0.15) is 55.5 Å². The minimum Gasteiger partial charge on any atom is -0.492 e. The molecule has 0 aromatic heterocycles. The summed E-state index contributed by atoms with van der Waals surface area (Å²) in [7, 11) is 1.54. The van der Waals surface area contributed by atoms with Crippen molar-refractivity contribution >= 4 is 28.5 Å². The second kappa shape index (κ2) is 10.4. The van der Waals surface area contributed by atoms with Crippen molar-refractivity contribution in [3.63, 3.8) is 0 Å². The van der Waals surface area contributed by atoms with Gasteiger partial charge in [0.05, 0.1) is 7.11 Å². The van der Waals surface area contributed by atoms with E-state index in [2.05, 4.69) is 0 Å². The summed E-state index contributed by atoms with van der Waals surface area (Å²) in [4.78, 5) is 25.0. The number of hydrogen-bond acceptors (Lipinski definition) is 6. The number of methoxy groups -OCH3 is 1. The summed E-state index contributed by atoms with van der Waals surface area (Å²) < 4.78 is 24.8. The Morgan fingerprint density at radius 1 is 1.12 bits per heavy atom. The highest BCUT2D eigenvalue weighted by molar-refractivity contribution is 8.14. The maximum absolute atomic E-state index is 13.5. The number of amides is 1. The molecule has 1 aliphatic carbocycles. The van der Waals surface area contributed by atoms with Crippen molar-refractivity contribution in [2.75, 3.05) is 13.7 Å². The van der Waals surface area contributed by atoms with Gasteiger partial charge in [0.2, 0.25) is 5.91 Å². The van der Waals surface area contributed by atoms with Crippen LogP contribution in [-0.4, -0.2) is 35.5 Å². The summed E-state index contributed by atoms with van der Waals surface area (Å²) in [6, 6.07) is 11.5. The molecule has 0 N–H and O–H groups in total. The molecule has 0 radical (unpaired) electrons. The maximum Gasteiger partial charge on any atom is 0.247 e. The second-order valence-electron chi connectivity index (χ2n) is 8.27. The highest BCUT2D eigenvalue weighted by Crippen LogP contribution is 2.48. The van der Waals surface area contributed by atoms with Crippen LogP contribution in [0.5, 0.6) is 11.5 Å².